The lowest BCUT2D eigenvalue weighted by Crippen LogP contribution is -2.20. The van der Waals surface area contributed by atoms with Gasteiger partial charge < -0.3 is 4.74 Å². The predicted octanol–water partition coefficient (Wildman–Crippen LogP) is 2.38. The molecule has 1 aromatic heterocycles. The summed E-state index contributed by atoms with van der Waals surface area (Å²) in [6, 6.07) is 5.89. The molecule has 1 aromatic carbocycles. The van der Waals surface area contributed by atoms with Gasteiger partial charge in [-0.1, -0.05) is 12.1 Å². The van der Waals surface area contributed by atoms with E-state index in [0.717, 1.165) is 5.69 Å². The van der Waals surface area contributed by atoms with Crippen molar-refractivity contribution < 1.29 is 14.5 Å². The number of hydrogen-bond acceptors (Lipinski definition) is 6. The molecule has 0 fully saturated rings. The van der Waals surface area contributed by atoms with Crippen molar-refractivity contribution in [1.29, 1.82) is 0 Å². The lowest BCUT2D eigenvalue weighted by atomic mass is 10.3. The summed E-state index contributed by atoms with van der Waals surface area (Å²) in [5.41, 5.74) is 0.635. The van der Waals surface area contributed by atoms with Gasteiger partial charge in [-0.2, -0.15) is 0 Å². The minimum atomic E-state index is -0.558. The lowest BCUT2D eigenvalue weighted by molar-refractivity contribution is -0.385. The molecule has 0 aliphatic rings. The zero-order valence-corrected chi connectivity index (χ0v) is 11.3. The quantitative estimate of drug-likeness (QED) is 0.674. The smallest absolute Gasteiger partial charge is 0.310 e. The third-order valence-electron chi connectivity index (χ3n) is 2.29. The molecule has 0 saturated heterocycles. The summed E-state index contributed by atoms with van der Waals surface area (Å²) in [6.45, 7) is 1.50. The van der Waals surface area contributed by atoms with Gasteiger partial charge in [0.15, 0.2) is 17.5 Å². The number of nitrogens with zero attached hydrogens (tertiary/aromatic N) is 2. The molecular formula is C12H11N3O4S. The first kappa shape index (κ1) is 13.9. The molecule has 0 saturated carbocycles. The maximum atomic E-state index is 11.6. The second-order valence-electron chi connectivity index (χ2n) is 3.86. The Hall–Kier alpha value is -2.48. The van der Waals surface area contributed by atoms with Gasteiger partial charge in [-0.3, -0.25) is 20.2 Å². The minimum Gasteiger partial charge on any atom is -0.477 e. The highest BCUT2D eigenvalue weighted by molar-refractivity contribution is 7.13. The number of aryl methyl sites for hydroxylation is 1. The molecule has 0 radical (unpaired) electrons. The van der Waals surface area contributed by atoms with E-state index in [2.05, 4.69) is 10.3 Å². The van der Waals surface area contributed by atoms with Crippen LogP contribution in [0.2, 0.25) is 0 Å². The lowest BCUT2D eigenvalue weighted by Gasteiger charge is -2.06. The number of anilines is 1. The Morgan fingerprint density at radius 1 is 1.50 bits per heavy atom. The predicted molar refractivity (Wildman–Crippen MR) is 74.1 cm³/mol. The number of carbonyl (C=O) groups excluding carboxylic acids is 1. The van der Waals surface area contributed by atoms with Crippen LogP contribution >= 0.6 is 11.3 Å². The Balaban J connectivity index is 1.95. The second-order valence-corrected chi connectivity index (χ2v) is 4.71. The molecule has 0 aliphatic carbocycles. The maximum Gasteiger partial charge on any atom is 0.310 e. The van der Waals surface area contributed by atoms with Crippen LogP contribution in [0, 0.1) is 17.0 Å². The number of ether oxygens (including phenoxy) is 1. The zero-order valence-electron chi connectivity index (χ0n) is 10.5. The molecule has 0 bridgehead atoms. The number of nitrogens with one attached hydrogen (secondary N) is 1. The Labute approximate surface area is 118 Å². The number of thiazole rings is 1. The van der Waals surface area contributed by atoms with Crippen molar-refractivity contribution in [2.24, 2.45) is 0 Å². The van der Waals surface area contributed by atoms with Crippen molar-refractivity contribution in [1.82, 2.24) is 4.98 Å². The number of benzene rings is 1. The molecule has 1 amide bonds. The fraction of sp³-hybridized carbons (Fsp3) is 0.167. The second kappa shape index (κ2) is 6.11. The van der Waals surface area contributed by atoms with E-state index in [1.165, 1.54) is 29.5 Å². The van der Waals surface area contributed by atoms with Crippen LogP contribution in [0.5, 0.6) is 5.75 Å². The standard InChI is InChI=1S/C12H11N3O4S/c1-8-7-20-12(13-8)14-11(16)6-19-10-5-3-2-4-9(10)15(17)18/h2-5,7H,6H2,1H3,(H,13,14,16). The summed E-state index contributed by atoms with van der Waals surface area (Å²) >= 11 is 1.30. The fourth-order valence-electron chi connectivity index (χ4n) is 1.44. The van der Waals surface area contributed by atoms with Crippen LogP contribution in [-0.4, -0.2) is 22.4 Å². The van der Waals surface area contributed by atoms with E-state index >= 15 is 0 Å². The van der Waals surface area contributed by atoms with Gasteiger partial charge in [-0.15, -0.1) is 11.3 Å². The molecule has 7 nitrogen and oxygen atoms in total. The number of aromatic nitrogens is 1. The van der Waals surface area contributed by atoms with Crippen molar-refractivity contribution in [2.75, 3.05) is 11.9 Å². The van der Waals surface area contributed by atoms with E-state index in [1.54, 1.807) is 11.4 Å². The van der Waals surface area contributed by atoms with Crippen LogP contribution in [0.3, 0.4) is 0 Å². The topological polar surface area (TPSA) is 94.4 Å². The summed E-state index contributed by atoms with van der Waals surface area (Å²) in [5, 5.41) is 15.6. The first-order valence-electron chi connectivity index (χ1n) is 5.64. The van der Waals surface area contributed by atoms with Gasteiger partial charge in [-0.05, 0) is 13.0 Å². The third-order valence-corrected chi connectivity index (χ3v) is 3.16. The van der Waals surface area contributed by atoms with Crippen LogP contribution in [-0.2, 0) is 4.79 Å². The number of carbonyl (C=O) groups is 1. The molecule has 0 atom stereocenters. The van der Waals surface area contributed by atoms with Crippen molar-refractivity contribution >= 4 is 28.1 Å². The molecule has 1 heterocycles. The van der Waals surface area contributed by atoms with Crippen molar-refractivity contribution in [3.05, 3.63) is 45.5 Å². The summed E-state index contributed by atoms with van der Waals surface area (Å²) in [6.07, 6.45) is 0. The molecule has 0 unspecified atom stereocenters. The Morgan fingerprint density at radius 3 is 2.90 bits per heavy atom. The van der Waals surface area contributed by atoms with Gasteiger partial charge in [0.2, 0.25) is 0 Å². The average molecular weight is 293 g/mol. The highest BCUT2D eigenvalue weighted by Crippen LogP contribution is 2.25. The van der Waals surface area contributed by atoms with Crippen LogP contribution in [0.25, 0.3) is 0 Å². The maximum absolute atomic E-state index is 11.6. The van der Waals surface area contributed by atoms with Gasteiger partial charge >= 0.3 is 5.69 Å². The summed E-state index contributed by atoms with van der Waals surface area (Å²) in [7, 11) is 0. The highest BCUT2D eigenvalue weighted by Gasteiger charge is 2.15. The van der Waals surface area contributed by atoms with Crippen LogP contribution < -0.4 is 10.1 Å². The van der Waals surface area contributed by atoms with Gasteiger partial charge in [0.1, 0.15) is 0 Å². The van der Waals surface area contributed by atoms with Gasteiger partial charge in [0, 0.05) is 11.4 Å². The van der Waals surface area contributed by atoms with E-state index in [-0.39, 0.29) is 18.0 Å². The molecule has 8 heteroatoms. The largest absolute Gasteiger partial charge is 0.477 e. The first-order valence-corrected chi connectivity index (χ1v) is 6.52. The van der Waals surface area contributed by atoms with Crippen LogP contribution in [0.1, 0.15) is 5.69 Å². The first-order chi connectivity index (χ1) is 9.56. The molecular weight excluding hydrogens is 282 g/mol. The van der Waals surface area contributed by atoms with Crippen molar-refractivity contribution in [2.45, 2.75) is 6.92 Å². The van der Waals surface area contributed by atoms with Crippen molar-refractivity contribution in [3.63, 3.8) is 0 Å². The van der Waals surface area contributed by atoms with Crippen LogP contribution in [0.4, 0.5) is 10.8 Å². The number of nitro groups is 1. The van der Waals surface area contributed by atoms with Crippen molar-refractivity contribution in [3.8, 4) is 5.75 Å². The molecule has 20 heavy (non-hydrogen) atoms. The van der Waals surface area contributed by atoms with Crippen LogP contribution in [0.15, 0.2) is 29.6 Å². The van der Waals surface area contributed by atoms with Gasteiger partial charge in [-0.25, -0.2) is 4.98 Å². The summed E-state index contributed by atoms with van der Waals surface area (Å²) in [5.74, 6) is -0.361. The van der Waals surface area contributed by atoms with Gasteiger partial charge in [0.05, 0.1) is 10.6 Å². The molecule has 0 aliphatic heterocycles. The minimum absolute atomic E-state index is 0.0583. The van der Waals surface area contributed by atoms with E-state index in [0.29, 0.717) is 5.13 Å². The van der Waals surface area contributed by atoms with E-state index in [1.807, 2.05) is 6.92 Å². The average Bonchev–Trinajstić information content (AvgIpc) is 2.82. The van der Waals surface area contributed by atoms with Gasteiger partial charge in [0.25, 0.3) is 5.91 Å². The zero-order chi connectivity index (χ0) is 14.5. The molecule has 0 spiro atoms. The Morgan fingerprint density at radius 2 is 2.25 bits per heavy atom. The number of nitro benzene ring substituents is 1. The fourth-order valence-corrected chi connectivity index (χ4v) is 2.14. The summed E-state index contributed by atoms with van der Waals surface area (Å²) in [4.78, 5) is 25.9. The molecule has 1 N–H and O–H groups in total. The Kier molecular flexibility index (Phi) is 4.26. The van der Waals surface area contributed by atoms with E-state index < -0.39 is 10.8 Å². The highest BCUT2D eigenvalue weighted by atomic mass is 32.1. The molecule has 104 valence electrons. The number of rotatable bonds is 5. The Bertz CT molecular complexity index is 641. The number of amides is 1. The SMILES string of the molecule is Cc1csc(NC(=O)COc2ccccc2[N+](=O)[O-])n1. The van der Waals surface area contributed by atoms with E-state index in [9.17, 15) is 14.9 Å². The molecule has 2 aromatic rings. The molecule has 2 rings (SSSR count). The number of para-hydroxylation sites is 2. The number of hydrogen-bond donors (Lipinski definition) is 1. The summed E-state index contributed by atoms with van der Waals surface area (Å²) < 4.78 is 5.16. The normalized spacial score (nSPS) is 10.1. The van der Waals surface area contributed by atoms with E-state index in [4.69, 9.17) is 4.74 Å². The third kappa shape index (κ3) is 3.51. The monoisotopic (exact) mass is 293 g/mol.